The van der Waals surface area contributed by atoms with Crippen molar-refractivity contribution in [3.05, 3.63) is 69.4 Å². The van der Waals surface area contributed by atoms with Gasteiger partial charge in [0.2, 0.25) is 0 Å². The van der Waals surface area contributed by atoms with Crippen LogP contribution in [0.4, 0.5) is 5.69 Å². The maximum atomic E-state index is 11.2. The maximum absolute atomic E-state index is 11.2. The highest BCUT2D eigenvalue weighted by atomic mass is 35.5. The molecule has 2 aromatic carbocycles. The Kier molecular flexibility index (Phi) is 5.78. The van der Waals surface area contributed by atoms with Crippen LogP contribution < -0.4 is 4.90 Å². The molecular formula is C27H26Cl2N2O4. The van der Waals surface area contributed by atoms with Crippen LogP contribution in [0.15, 0.2) is 47.0 Å². The van der Waals surface area contributed by atoms with Gasteiger partial charge in [0.05, 0.1) is 28.3 Å². The lowest BCUT2D eigenvalue weighted by atomic mass is 9.96. The Bertz CT molecular complexity index is 1250. The highest BCUT2D eigenvalue weighted by Crippen LogP contribution is 2.49. The van der Waals surface area contributed by atoms with Crippen LogP contribution in [0.5, 0.6) is 0 Å². The molecule has 1 aliphatic heterocycles. The van der Waals surface area contributed by atoms with Crippen LogP contribution in [0.2, 0.25) is 10.0 Å². The molecule has 3 fully saturated rings. The van der Waals surface area contributed by atoms with Gasteiger partial charge in [-0.2, -0.15) is 0 Å². The van der Waals surface area contributed by atoms with Gasteiger partial charge in [0.1, 0.15) is 11.5 Å². The minimum absolute atomic E-state index is 0.140. The van der Waals surface area contributed by atoms with Gasteiger partial charge in [0, 0.05) is 40.7 Å². The Morgan fingerprint density at radius 2 is 1.86 bits per heavy atom. The molecule has 6 rings (SSSR count). The van der Waals surface area contributed by atoms with E-state index in [1.807, 2.05) is 30.3 Å². The maximum Gasteiger partial charge on any atom is 0.335 e. The predicted octanol–water partition coefficient (Wildman–Crippen LogP) is 6.80. The van der Waals surface area contributed by atoms with Gasteiger partial charge in [0.25, 0.3) is 0 Å². The molecule has 1 saturated heterocycles. The fourth-order valence-electron chi connectivity index (χ4n) is 5.93. The number of rotatable bonds is 7. The monoisotopic (exact) mass is 512 g/mol. The van der Waals surface area contributed by atoms with Crippen LogP contribution >= 0.6 is 23.2 Å². The summed E-state index contributed by atoms with van der Waals surface area (Å²) < 4.78 is 12.3. The Hall–Kier alpha value is -2.54. The van der Waals surface area contributed by atoms with Gasteiger partial charge in [-0.3, -0.25) is 0 Å². The second kappa shape index (κ2) is 8.84. The standard InChI is InChI=1S/C27H26Cl2N2O4/c1-14-19-11-18(31(14)17-9-7-16(8-10-17)27(32)33)12-23(19)34-13-20-25(30-35-26(20)15-5-6-15)24-21(28)3-2-4-22(24)29/h2-4,7-10,14-15,18-19,23H,5-6,11-13H2,1H3,(H,32,33). The van der Waals surface area contributed by atoms with E-state index < -0.39 is 5.97 Å². The summed E-state index contributed by atoms with van der Waals surface area (Å²) in [6.07, 6.45) is 4.33. The second-order valence-electron chi connectivity index (χ2n) is 9.88. The molecule has 8 heteroatoms. The molecule has 0 radical (unpaired) electrons. The zero-order chi connectivity index (χ0) is 24.3. The number of hydrogen-bond donors (Lipinski definition) is 1. The first-order valence-electron chi connectivity index (χ1n) is 12.1. The van der Waals surface area contributed by atoms with E-state index in [9.17, 15) is 9.90 Å². The largest absolute Gasteiger partial charge is 0.478 e. The number of fused-ring (bicyclic) bond motifs is 2. The zero-order valence-corrected chi connectivity index (χ0v) is 20.8. The lowest BCUT2D eigenvalue weighted by molar-refractivity contribution is 0.00367. The van der Waals surface area contributed by atoms with Gasteiger partial charge in [0.15, 0.2) is 0 Å². The zero-order valence-electron chi connectivity index (χ0n) is 19.3. The van der Waals surface area contributed by atoms with Crippen molar-refractivity contribution < 1.29 is 19.2 Å². The number of benzene rings is 2. The van der Waals surface area contributed by atoms with Gasteiger partial charge >= 0.3 is 5.97 Å². The minimum atomic E-state index is -0.905. The fraction of sp³-hybridized carbons (Fsp3) is 0.407. The third kappa shape index (κ3) is 4.02. The van der Waals surface area contributed by atoms with Crippen LogP contribution in [-0.2, 0) is 11.3 Å². The van der Waals surface area contributed by atoms with Gasteiger partial charge in [-0.05, 0) is 69.0 Å². The average Bonchev–Trinajstić information content (AvgIpc) is 3.34. The van der Waals surface area contributed by atoms with Gasteiger partial charge in [-0.1, -0.05) is 34.4 Å². The summed E-state index contributed by atoms with van der Waals surface area (Å²) >= 11 is 13.0. The Labute approximate surface area is 213 Å². The van der Waals surface area contributed by atoms with E-state index in [1.54, 1.807) is 12.1 Å². The SMILES string of the molecule is CC1C2CC(CC2OCc2c(-c3c(Cl)cccc3Cl)noc2C2CC2)N1c1ccc(C(=O)O)cc1. The molecule has 2 aliphatic carbocycles. The number of carboxylic acid groups (broad SMARTS) is 1. The molecule has 3 aliphatic rings. The van der Waals surface area contributed by atoms with Crippen LogP contribution in [0, 0.1) is 5.92 Å². The van der Waals surface area contributed by atoms with E-state index in [1.165, 1.54) is 0 Å². The molecule has 2 saturated carbocycles. The molecular weight excluding hydrogens is 487 g/mol. The minimum Gasteiger partial charge on any atom is -0.478 e. The molecule has 6 nitrogen and oxygen atoms in total. The van der Waals surface area contributed by atoms with Gasteiger partial charge in [-0.15, -0.1) is 0 Å². The molecule has 3 aromatic rings. The van der Waals surface area contributed by atoms with E-state index in [0.29, 0.717) is 57.4 Å². The number of anilines is 1. The van der Waals surface area contributed by atoms with Crippen molar-refractivity contribution in [2.45, 2.75) is 63.3 Å². The van der Waals surface area contributed by atoms with Crippen molar-refractivity contribution in [1.82, 2.24) is 5.16 Å². The second-order valence-corrected chi connectivity index (χ2v) is 10.7. The lowest BCUT2D eigenvalue weighted by Gasteiger charge is -2.38. The highest BCUT2D eigenvalue weighted by molar-refractivity contribution is 6.39. The number of nitrogens with zero attached hydrogens (tertiary/aromatic N) is 2. The summed E-state index contributed by atoms with van der Waals surface area (Å²) in [5.74, 6) is 0.778. The molecule has 35 heavy (non-hydrogen) atoms. The number of carboxylic acids is 1. The van der Waals surface area contributed by atoms with Crippen molar-refractivity contribution in [2.75, 3.05) is 4.90 Å². The predicted molar refractivity (Wildman–Crippen MR) is 134 cm³/mol. The molecule has 1 aromatic heterocycles. The van der Waals surface area contributed by atoms with Crippen molar-refractivity contribution in [1.29, 1.82) is 0 Å². The van der Waals surface area contributed by atoms with E-state index >= 15 is 0 Å². The van der Waals surface area contributed by atoms with E-state index in [-0.39, 0.29) is 6.10 Å². The van der Waals surface area contributed by atoms with Crippen molar-refractivity contribution in [3.63, 3.8) is 0 Å². The third-order valence-electron chi connectivity index (χ3n) is 7.80. The molecule has 0 spiro atoms. The molecule has 2 bridgehead atoms. The summed E-state index contributed by atoms with van der Waals surface area (Å²) in [6, 6.07) is 13.3. The van der Waals surface area contributed by atoms with Crippen LogP contribution in [-0.4, -0.2) is 34.4 Å². The topological polar surface area (TPSA) is 75.8 Å². The summed E-state index contributed by atoms with van der Waals surface area (Å²) in [7, 11) is 0. The number of ether oxygens (including phenoxy) is 1. The summed E-state index contributed by atoms with van der Waals surface area (Å²) in [6.45, 7) is 2.65. The number of aromatic carboxylic acids is 1. The summed E-state index contributed by atoms with van der Waals surface area (Å²) in [4.78, 5) is 13.6. The molecule has 1 N–H and O–H groups in total. The van der Waals surface area contributed by atoms with Crippen LogP contribution in [0.1, 0.15) is 60.2 Å². The first kappa shape index (κ1) is 22.9. The summed E-state index contributed by atoms with van der Waals surface area (Å²) in [5, 5.41) is 14.7. The lowest BCUT2D eigenvalue weighted by Crippen LogP contribution is -2.45. The number of carbonyl (C=O) groups is 1. The van der Waals surface area contributed by atoms with Gasteiger partial charge in [-0.25, -0.2) is 4.79 Å². The van der Waals surface area contributed by atoms with Crippen molar-refractivity contribution in [3.8, 4) is 11.3 Å². The van der Waals surface area contributed by atoms with E-state index in [4.69, 9.17) is 32.5 Å². The molecule has 2 heterocycles. The quantitative estimate of drug-likeness (QED) is 0.375. The number of halogens is 2. The first-order valence-corrected chi connectivity index (χ1v) is 12.8. The normalized spacial score (nSPS) is 25.4. The van der Waals surface area contributed by atoms with Crippen LogP contribution in [0.3, 0.4) is 0 Å². The number of aromatic nitrogens is 1. The number of piperidine rings is 1. The molecule has 0 amide bonds. The highest BCUT2D eigenvalue weighted by Gasteiger charge is 2.50. The van der Waals surface area contributed by atoms with Crippen molar-refractivity contribution >= 4 is 34.9 Å². The number of hydrogen-bond acceptors (Lipinski definition) is 5. The molecule has 4 unspecified atom stereocenters. The Balaban J connectivity index is 1.20. The summed E-state index contributed by atoms with van der Waals surface area (Å²) in [5.41, 5.74) is 3.71. The van der Waals surface area contributed by atoms with E-state index in [2.05, 4.69) is 17.0 Å². The van der Waals surface area contributed by atoms with Crippen molar-refractivity contribution in [2.24, 2.45) is 5.92 Å². The fourth-order valence-corrected chi connectivity index (χ4v) is 6.51. The third-order valence-corrected chi connectivity index (χ3v) is 8.43. The smallest absolute Gasteiger partial charge is 0.335 e. The van der Waals surface area contributed by atoms with Gasteiger partial charge < -0.3 is 19.3 Å². The van der Waals surface area contributed by atoms with Crippen LogP contribution in [0.25, 0.3) is 11.3 Å². The molecule has 182 valence electrons. The average molecular weight is 513 g/mol. The Morgan fingerprint density at radius 1 is 1.14 bits per heavy atom. The Morgan fingerprint density at radius 3 is 2.49 bits per heavy atom. The first-order chi connectivity index (χ1) is 16.9. The van der Waals surface area contributed by atoms with E-state index in [0.717, 1.165) is 42.7 Å². The molecule has 4 atom stereocenters.